The van der Waals surface area contributed by atoms with Gasteiger partial charge in [0.25, 0.3) is 0 Å². The van der Waals surface area contributed by atoms with E-state index in [4.69, 9.17) is 9.47 Å². The Balaban J connectivity index is 2.50. The van der Waals surface area contributed by atoms with E-state index >= 15 is 0 Å². The van der Waals surface area contributed by atoms with Gasteiger partial charge in [-0.25, -0.2) is 9.78 Å². The SMILES string of the molecule is COC(=O)c1ncc(OC)c2c1[nH]c1c(O)cccc12. The molecule has 0 unspecified atom stereocenters. The molecule has 3 aromatic rings. The highest BCUT2D eigenvalue weighted by molar-refractivity contribution is 6.16. The van der Waals surface area contributed by atoms with E-state index in [0.29, 0.717) is 22.2 Å². The average molecular weight is 272 g/mol. The number of nitrogens with one attached hydrogen (secondary N) is 1. The fourth-order valence-corrected chi connectivity index (χ4v) is 2.29. The van der Waals surface area contributed by atoms with Crippen LogP contribution in [0.5, 0.6) is 11.5 Å². The van der Waals surface area contributed by atoms with E-state index in [2.05, 4.69) is 9.97 Å². The van der Waals surface area contributed by atoms with Crippen molar-refractivity contribution in [3.8, 4) is 11.5 Å². The monoisotopic (exact) mass is 272 g/mol. The van der Waals surface area contributed by atoms with Gasteiger partial charge >= 0.3 is 5.97 Å². The van der Waals surface area contributed by atoms with Gasteiger partial charge in [0.05, 0.1) is 36.8 Å². The molecule has 3 rings (SSSR count). The van der Waals surface area contributed by atoms with Crippen molar-refractivity contribution in [3.63, 3.8) is 0 Å². The molecule has 0 radical (unpaired) electrons. The maximum atomic E-state index is 11.8. The van der Waals surface area contributed by atoms with Crippen LogP contribution in [0.2, 0.25) is 0 Å². The number of phenolic OH excluding ortho intramolecular Hbond substituents is 1. The Morgan fingerprint density at radius 2 is 2.10 bits per heavy atom. The summed E-state index contributed by atoms with van der Waals surface area (Å²) in [5.74, 6) is 0.0600. The van der Waals surface area contributed by atoms with Crippen LogP contribution in [0.15, 0.2) is 24.4 Å². The predicted octanol–water partition coefficient (Wildman–Crippen LogP) is 2.22. The number of nitrogens with zero attached hydrogens (tertiary/aromatic N) is 1. The lowest BCUT2D eigenvalue weighted by Crippen LogP contribution is -2.05. The van der Waals surface area contributed by atoms with Gasteiger partial charge in [-0.05, 0) is 6.07 Å². The number of carbonyl (C=O) groups excluding carboxylic acids is 1. The van der Waals surface area contributed by atoms with E-state index in [0.717, 1.165) is 5.39 Å². The van der Waals surface area contributed by atoms with Crippen LogP contribution in [0, 0.1) is 0 Å². The highest BCUT2D eigenvalue weighted by atomic mass is 16.5. The molecule has 0 aliphatic heterocycles. The number of aromatic nitrogens is 2. The highest BCUT2D eigenvalue weighted by Gasteiger charge is 2.20. The summed E-state index contributed by atoms with van der Waals surface area (Å²) in [4.78, 5) is 18.9. The van der Waals surface area contributed by atoms with Crippen molar-refractivity contribution in [2.45, 2.75) is 0 Å². The lowest BCUT2D eigenvalue weighted by atomic mass is 10.1. The maximum absolute atomic E-state index is 11.8. The fourth-order valence-electron chi connectivity index (χ4n) is 2.29. The summed E-state index contributed by atoms with van der Waals surface area (Å²) in [5.41, 5.74) is 1.16. The lowest BCUT2D eigenvalue weighted by Gasteiger charge is -2.04. The standard InChI is InChI=1S/C14H12N2O4/c1-19-9-6-15-13(14(18)20-2)12-10(9)7-4-3-5-8(17)11(7)16-12/h3-6,16-17H,1-2H3. The molecule has 0 aliphatic carbocycles. The smallest absolute Gasteiger partial charge is 0.358 e. The van der Waals surface area contributed by atoms with Crippen molar-refractivity contribution in [3.05, 3.63) is 30.1 Å². The number of benzene rings is 1. The minimum atomic E-state index is -0.552. The number of rotatable bonds is 2. The molecular formula is C14H12N2O4. The van der Waals surface area contributed by atoms with Crippen LogP contribution in [-0.2, 0) is 4.74 Å². The summed E-state index contributed by atoms with van der Waals surface area (Å²) in [5, 5.41) is 11.4. The summed E-state index contributed by atoms with van der Waals surface area (Å²) in [6.07, 6.45) is 1.46. The van der Waals surface area contributed by atoms with Gasteiger partial charge < -0.3 is 19.6 Å². The van der Waals surface area contributed by atoms with E-state index < -0.39 is 5.97 Å². The van der Waals surface area contributed by atoms with Crippen LogP contribution in [0.3, 0.4) is 0 Å². The van der Waals surface area contributed by atoms with Crippen molar-refractivity contribution in [2.75, 3.05) is 14.2 Å². The van der Waals surface area contributed by atoms with Gasteiger partial charge in [-0.2, -0.15) is 0 Å². The second-order valence-corrected chi connectivity index (χ2v) is 4.24. The zero-order chi connectivity index (χ0) is 14.3. The van der Waals surface area contributed by atoms with Crippen molar-refractivity contribution < 1.29 is 19.4 Å². The predicted molar refractivity (Wildman–Crippen MR) is 73.2 cm³/mol. The molecule has 0 saturated carbocycles. The molecule has 102 valence electrons. The number of phenols is 1. The molecule has 2 aromatic heterocycles. The van der Waals surface area contributed by atoms with Crippen LogP contribution < -0.4 is 4.74 Å². The minimum absolute atomic E-state index is 0.0940. The van der Waals surface area contributed by atoms with Gasteiger partial charge in [-0.15, -0.1) is 0 Å². The molecule has 0 saturated heterocycles. The molecule has 0 amide bonds. The van der Waals surface area contributed by atoms with Crippen LogP contribution in [0.1, 0.15) is 10.5 Å². The normalized spacial score (nSPS) is 10.9. The van der Waals surface area contributed by atoms with E-state index in [9.17, 15) is 9.90 Å². The summed E-state index contributed by atoms with van der Waals surface area (Å²) < 4.78 is 10.0. The van der Waals surface area contributed by atoms with Crippen LogP contribution in [0.25, 0.3) is 21.8 Å². The number of H-pyrrole nitrogens is 1. The number of methoxy groups -OCH3 is 2. The second-order valence-electron chi connectivity index (χ2n) is 4.24. The summed E-state index contributed by atoms with van der Waals surface area (Å²) in [6, 6.07) is 5.12. The molecule has 6 heteroatoms. The van der Waals surface area contributed by atoms with Gasteiger partial charge in [-0.1, -0.05) is 12.1 Å². The number of fused-ring (bicyclic) bond motifs is 3. The number of aromatic hydroxyl groups is 1. The third-order valence-corrected chi connectivity index (χ3v) is 3.20. The first kappa shape index (κ1) is 12.3. The Labute approximate surface area is 114 Å². The first-order valence-electron chi connectivity index (χ1n) is 5.92. The number of ether oxygens (including phenoxy) is 2. The number of esters is 1. The van der Waals surface area contributed by atoms with Crippen LogP contribution in [0.4, 0.5) is 0 Å². The Bertz CT molecular complexity index is 823. The second kappa shape index (κ2) is 4.41. The fraction of sp³-hybridized carbons (Fsp3) is 0.143. The molecule has 2 heterocycles. The average Bonchev–Trinajstić information content (AvgIpc) is 2.86. The molecule has 6 nitrogen and oxygen atoms in total. The number of para-hydroxylation sites is 1. The summed E-state index contributed by atoms with van der Waals surface area (Å²) in [6.45, 7) is 0. The van der Waals surface area contributed by atoms with Gasteiger partial charge in [0.1, 0.15) is 11.5 Å². The van der Waals surface area contributed by atoms with Crippen molar-refractivity contribution >= 4 is 27.8 Å². The summed E-state index contributed by atoms with van der Waals surface area (Å²) >= 11 is 0. The first-order valence-corrected chi connectivity index (χ1v) is 5.92. The maximum Gasteiger partial charge on any atom is 0.358 e. The van der Waals surface area contributed by atoms with Crippen molar-refractivity contribution in [2.24, 2.45) is 0 Å². The summed E-state index contributed by atoms with van der Waals surface area (Å²) in [7, 11) is 2.82. The lowest BCUT2D eigenvalue weighted by molar-refractivity contribution is 0.0596. The minimum Gasteiger partial charge on any atom is -0.506 e. The zero-order valence-corrected chi connectivity index (χ0v) is 10.9. The first-order chi connectivity index (χ1) is 9.67. The molecule has 0 fully saturated rings. The molecule has 1 aromatic carbocycles. The van der Waals surface area contributed by atoms with Gasteiger partial charge in [0, 0.05) is 5.39 Å². The molecule has 0 atom stereocenters. The van der Waals surface area contributed by atoms with Crippen LogP contribution >= 0.6 is 0 Å². The van der Waals surface area contributed by atoms with E-state index in [1.807, 2.05) is 6.07 Å². The Morgan fingerprint density at radius 3 is 2.80 bits per heavy atom. The van der Waals surface area contributed by atoms with Gasteiger partial charge in [-0.3, -0.25) is 0 Å². The van der Waals surface area contributed by atoms with Gasteiger partial charge in [0.2, 0.25) is 0 Å². The largest absolute Gasteiger partial charge is 0.506 e. The number of hydrogen-bond donors (Lipinski definition) is 2. The van der Waals surface area contributed by atoms with E-state index in [1.54, 1.807) is 12.1 Å². The topological polar surface area (TPSA) is 84.4 Å². The Morgan fingerprint density at radius 1 is 1.30 bits per heavy atom. The third-order valence-electron chi connectivity index (χ3n) is 3.20. The number of pyridine rings is 1. The number of carbonyl (C=O) groups is 1. The molecule has 0 spiro atoms. The van der Waals surface area contributed by atoms with Gasteiger partial charge in [0.15, 0.2) is 5.69 Å². The molecule has 0 bridgehead atoms. The highest BCUT2D eigenvalue weighted by Crippen LogP contribution is 2.37. The quantitative estimate of drug-likeness (QED) is 0.699. The van der Waals surface area contributed by atoms with Crippen LogP contribution in [-0.4, -0.2) is 35.3 Å². The molecule has 2 N–H and O–H groups in total. The van der Waals surface area contributed by atoms with E-state index in [-0.39, 0.29) is 11.4 Å². The van der Waals surface area contributed by atoms with Crippen molar-refractivity contribution in [1.29, 1.82) is 0 Å². The third kappa shape index (κ3) is 1.58. The molecule has 0 aliphatic rings. The number of aromatic amines is 1. The molecule has 20 heavy (non-hydrogen) atoms. The Kier molecular flexibility index (Phi) is 2.71. The number of hydrogen-bond acceptors (Lipinski definition) is 5. The Hall–Kier alpha value is -2.76. The van der Waals surface area contributed by atoms with E-state index in [1.165, 1.54) is 20.4 Å². The zero-order valence-electron chi connectivity index (χ0n) is 10.9. The van der Waals surface area contributed by atoms with Crippen molar-refractivity contribution in [1.82, 2.24) is 9.97 Å². The molecular weight excluding hydrogens is 260 g/mol.